The first-order valence-corrected chi connectivity index (χ1v) is 13.5. The first-order chi connectivity index (χ1) is 14.7. The minimum absolute atomic E-state index is 0.236. The monoisotopic (exact) mass is 437 g/mol. The van der Waals surface area contributed by atoms with Crippen molar-refractivity contribution in [3.05, 3.63) is 0 Å². The Labute approximate surface area is 188 Å². The van der Waals surface area contributed by atoms with Gasteiger partial charge in [-0.15, -0.1) is 0 Å². The highest BCUT2D eigenvalue weighted by atomic mass is 32.2. The largest absolute Gasteiger partial charge is 0.357 e. The lowest BCUT2D eigenvalue weighted by Gasteiger charge is -2.34. The van der Waals surface area contributed by atoms with Crippen molar-refractivity contribution in [2.75, 3.05) is 57.3 Å². The number of likely N-dealkylation sites (tertiary alicyclic amines) is 1. The van der Waals surface area contributed by atoms with Crippen molar-refractivity contribution in [2.24, 2.45) is 16.8 Å². The molecule has 0 aromatic rings. The molecule has 0 atom stereocenters. The normalized spacial score (nSPS) is 27.1. The summed E-state index contributed by atoms with van der Waals surface area (Å²) in [6, 6.07) is 0.441. The van der Waals surface area contributed by atoms with Crippen molar-refractivity contribution in [1.29, 1.82) is 0 Å². The second-order valence-corrected chi connectivity index (χ2v) is 10.3. The van der Waals surface area contributed by atoms with Crippen molar-refractivity contribution in [2.45, 2.75) is 64.8 Å². The standard InChI is InChI=1S/C23H43N5OS/c1-3-24-23(25-12-9-19-10-13-27(4-2)14-11-19)26-21-7-5-20(6-8-21)22(29)28-15-17-30-18-16-28/h19-21H,3-18H2,1-2H3,(H2,24,25,26). The summed E-state index contributed by atoms with van der Waals surface area (Å²) in [6.45, 7) is 11.8. The van der Waals surface area contributed by atoms with Gasteiger partial charge in [-0.05, 0) is 77.4 Å². The second-order valence-electron chi connectivity index (χ2n) is 9.06. The fourth-order valence-corrected chi connectivity index (χ4v) is 5.89. The first kappa shape index (κ1) is 23.7. The van der Waals surface area contributed by atoms with Crippen LogP contribution in [0.1, 0.15) is 58.8 Å². The van der Waals surface area contributed by atoms with E-state index in [0.29, 0.717) is 11.9 Å². The highest BCUT2D eigenvalue weighted by Crippen LogP contribution is 2.27. The summed E-state index contributed by atoms with van der Waals surface area (Å²) >= 11 is 1.96. The Kier molecular flexibility index (Phi) is 10.1. The van der Waals surface area contributed by atoms with Crippen LogP contribution in [0.2, 0.25) is 0 Å². The van der Waals surface area contributed by atoms with Crippen molar-refractivity contribution in [1.82, 2.24) is 20.4 Å². The number of rotatable bonds is 7. The van der Waals surface area contributed by atoms with Crippen LogP contribution < -0.4 is 10.6 Å². The van der Waals surface area contributed by atoms with E-state index in [1.807, 2.05) is 11.8 Å². The summed E-state index contributed by atoms with van der Waals surface area (Å²) in [4.78, 5) is 22.3. The molecule has 7 heteroatoms. The Morgan fingerprint density at radius 3 is 2.33 bits per heavy atom. The van der Waals surface area contributed by atoms with Gasteiger partial charge in [0.25, 0.3) is 0 Å². The fourth-order valence-electron chi connectivity index (χ4n) is 4.99. The van der Waals surface area contributed by atoms with Gasteiger partial charge in [0.15, 0.2) is 5.96 Å². The number of amides is 1. The summed E-state index contributed by atoms with van der Waals surface area (Å²) < 4.78 is 0. The van der Waals surface area contributed by atoms with Gasteiger partial charge in [0.05, 0.1) is 0 Å². The van der Waals surface area contributed by atoms with Crippen molar-refractivity contribution < 1.29 is 4.79 Å². The van der Waals surface area contributed by atoms with Crippen LogP contribution in [0.5, 0.6) is 0 Å². The van der Waals surface area contributed by atoms with Gasteiger partial charge in [-0.3, -0.25) is 9.79 Å². The lowest BCUT2D eigenvalue weighted by Crippen LogP contribution is -2.47. The molecule has 2 N–H and O–H groups in total. The number of thioether (sulfide) groups is 1. The summed E-state index contributed by atoms with van der Waals surface area (Å²) in [7, 11) is 0. The van der Waals surface area contributed by atoms with Crippen molar-refractivity contribution in [3.63, 3.8) is 0 Å². The summed E-state index contributed by atoms with van der Waals surface area (Å²) in [5.74, 6) is 4.63. The molecule has 3 aliphatic rings. The van der Waals surface area contributed by atoms with Gasteiger partial charge < -0.3 is 20.4 Å². The molecular weight excluding hydrogens is 394 g/mol. The number of hydrogen-bond donors (Lipinski definition) is 2. The van der Waals surface area contributed by atoms with Gasteiger partial charge in [0, 0.05) is 49.6 Å². The number of carbonyl (C=O) groups is 1. The zero-order chi connectivity index (χ0) is 21.2. The molecule has 0 aromatic heterocycles. The SMILES string of the molecule is CCNC(=NCCC1CCN(CC)CC1)NC1CCC(C(=O)N2CCSCC2)CC1. The average molecular weight is 438 g/mol. The van der Waals surface area contributed by atoms with Crippen LogP contribution in [-0.4, -0.2) is 85.0 Å². The molecule has 0 unspecified atom stereocenters. The van der Waals surface area contributed by atoms with Crippen LogP contribution in [0, 0.1) is 11.8 Å². The molecule has 1 aliphatic carbocycles. The summed E-state index contributed by atoms with van der Waals surface area (Å²) in [5, 5.41) is 7.07. The van der Waals surface area contributed by atoms with Gasteiger partial charge in [-0.2, -0.15) is 11.8 Å². The third-order valence-corrected chi connectivity index (χ3v) is 7.99. The van der Waals surface area contributed by atoms with E-state index < -0.39 is 0 Å². The molecule has 3 rings (SSSR count). The van der Waals surface area contributed by atoms with E-state index in [-0.39, 0.29) is 5.92 Å². The van der Waals surface area contributed by atoms with Gasteiger partial charge >= 0.3 is 0 Å². The minimum atomic E-state index is 0.236. The Morgan fingerprint density at radius 2 is 1.70 bits per heavy atom. The van der Waals surface area contributed by atoms with E-state index in [9.17, 15) is 4.79 Å². The van der Waals surface area contributed by atoms with Crippen molar-refractivity contribution >= 4 is 23.6 Å². The van der Waals surface area contributed by atoms with E-state index in [2.05, 4.69) is 34.3 Å². The van der Waals surface area contributed by atoms with E-state index in [1.165, 1.54) is 38.9 Å². The number of piperidine rings is 1. The Hall–Kier alpha value is -0.950. The predicted molar refractivity (Wildman–Crippen MR) is 128 cm³/mol. The number of nitrogens with zero attached hydrogens (tertiary/aromatic N) is 3. The van der Waals surface area contributed by atoms with E-state index in [0.717, 1.165) is 75.2 Å². The first-order valence-electron chi connectivity index (χ1n) is 12.3. The van der Waals surface area contributed by atoms with Gasteiger partial charge in [-0.25, -0.2) is 0 Å². The van der Waals surface area contributed by atoms with E-state index in [1.54, 1.807) is 0 Å². The Morgan fingerprint density at radius 1 is 1.00 bits per heavy atom. The third-order valence-electron chi connectivity index (χ3n) is 7.05. The van der Waals surface area contributed by atoms with Gasteiger partial charge in [0.1, 0.15) is 0 Å². The molecule has 3 fully saturated rings. The predicted octanol–water partition coefficient (Wildman–Crippen LogP) is 2.80. The smallest absolute Gasteiger partial charge is 0.225 e. The maximum absolute atomic E-state index is 12.8. The zero-order valence-electron chi connectivity index (χ0n) is 19.2. The minimum Gasteiger partial charge on any atom is -0.357 e. The Balaban J connectivity index is 1.38. The topological polar surface area (TPSA) is 60.0 Å². The summed E-state index contributed by atoms with van der Waals surface area (Å²) in [6.07, 6.45) is 7.99. The highest BCUT2D eigenvalue weighted by molar-refractivity contribution is 7.99. The van der Waals surface area contributed by atoms with Crippen LogP contribution in [0.15, 0.2) is 4.99 Å². The second kappa shape index (κ2) is 12.8. The third kappa shape index (κ3) is 7.33. The van der Waals surface area contributed by atoms with Crippen molar-refractivity contribution in [3.8, 4) is 0 Å². The van der Waals surface area contributed by atoms with E-state index >= 15 is 0 Å². The average Bonchev–Trinajstić information content (AvgIpc) is 2.80. The molecule has 6 nitrogen and oxygen atoms in total. The number of guanidine groups is 1. The number of aliphatic imine (C=N–C) groups is 1. The molecule has 2 aliphatic heterocycles. The summed E-state index contributed by atoms with van der Waals surface area (Å²) in [5.41, 5.74) is 0. The van der Waals surface area contributed by atoms with Crippen LogP contribution in [-0.2, 0) is 4.79 Å². The van der Waals surface area contributed by atoms with Crippen LogP contribution >= 0.6 is 11.8 Å². The maximum atomic E-state index is 12.8. The van der Waals surface area contributed by atoms with Crippen LogP contribution in [0.3, 0.4) is 0 Å². The van der Waals surface area contributed by atoms with Crippen LogP contribution in [0.4, 0.5) is 0 Å². The number of nitrogens with one attached hydrogen (secondary N) is 2. The quantitative estimate of drug-likeness (QED) is 0.474. The number of hydrogen-bond acceptors (Lipinski definition) is 4. The maximum Gasteiger partial charge on any atom is 0.225 e. The molecule has 30 heavy (non-hydrogen) atoms. The van der Waals surface area contributed by atoms with Gasteiger partial charge in [0.2, 0.25) is 5.91 Å². The highest BCUT2D eigenvalue weighted by Gasteiger charge is 2.30. The molecule has 2 saturated heterocycles. The molecule has 0 radical (unpaired) electrons. The van der Waals surface area contributed by atoms with E-state index in [4.69, 9.17) is 4.99 Å². The molecule has 0 aromatic carbocycles. The zero-order valence-corrected chi connectivity index (χ0v) is 20.0. The molecule has 2 heterocycles. The van der Waals surface area contributed by atoms with Crippen LogP contribution in [0.25, 0.3) is 0 Å². The fraction of sp³-hybridized carbons (Fsp3) is 0.913. The molecule has 0 spiro atoms. The lowest BCUT2D eigenvalue weighted by atomic mass is 9.85. The molecule has 1 amide bonds. The molecule has 172 valence electrons. The lowest BCUT2D eigenvalue weighted by molar-refractivity contribution is -0.136. The van der Waals surface area contributed by atoms with Gasteiger partial charge in [-0.1, -0.05) is 6.92 Å². The number of carbonyl (C=O) groups excluding carboxylic acids is 1. The Bertz CT molecular complexity index is 536. The molecular formula is C23H43N5OS. The molecule has 1 saturated carbocycles. The molecule has 0 bridgehead atoms.